The Bertz CT molecular complexity index is 2120. The van der Waals surface area contributed by atoms with Gasteiger partial charge in [-0.05, 0) is 97.3 Å². The van der Waals surface area contributed by atoms with Gasteiger partial charge in [0.1, 0.15) is 11.6 Å². The number of methoxy groups -OCH3 is 1. The largest absolute Gasteiger partial charge is 0.465 e. The van der Waals surface area contributed by atoms with Gasteiger partial charge in [-0.25, -0.2) is 13.6 Å². The fraction of sp³-hybridized carbons (Fsp3) is 0.205. The number of ether oxygens (including phenoxy) is 1. The Kier molecular flexibility index (Phi) is 9.03. The Labute approximate surface area is 282 Å². The summed E-state index contributed by atoms with van der Waals surface area (Å²) in [7, 11) is 1.37. The molecule has 0 aliphatic heterocycles. The second-order valence-electron chi connectivity index (χ2n) is 13.7. The van der Waals surface area contributed by atoms with Crippen molar-refractivity contribution in [3.8, 4) is 33.4 Å². The molecule has 0 saturated carbocycles. The first-order valence-electron chi connectivity index (χ1n) is 16.4. The highest BCUT2D eigenvalue weighted by Crippen LogP contribution is 2.53. The second kappa shape index (κ2) is 13.2. The van der Waals surface area contributed by atoms with E-state index in [-0.39, 0.29) is 23.0 Å². The lowest BCUT2D eigenvalue weighted by molar-refractivity contribution is 0.0601. The maximum atomic E-state index is 16.4. The number of hydrogen-bond donors (Lipinski definition) is 0. The zero-order chi connectivity index (χ0) is 34.2. The van der Waals surface area contributed by atoms with Gasteiger partial charge in [-0.2, -0.15) is 0 Å². The van der Waals surface area contributed by atoms with Crippen LogP contribution in [0.5, 0.6) is 0 Å². The molecule has 0 bridgehead atoms. The van der Waals surface area contributed by atoms with Crippen LogP contribution in [0.2, 0.25) is 0 Å². The van der Waals surface area contributed by atoms with Crippen molar-refractivity contribution in [2.75, 3.05) is 7.11 Å². The quantitative estimate of drug-likeness (QED) is 0.163. The summed E-state index contributed by atoms with van der Waals surface area (Å²) in [6.07, 6.45) is 0.704. The molecule has 0 aliphatic rings. The zero-order valence-electron chi connectivity index (χ0n) is 28.3. The van der Waals surface area contributed by atoms with E-state index in [1.54, 1.807) is 24.3 Å². The van der Waals surface area contributed by atoms with Gasteiger partial charge in [0.15, 0.2) is 0 Å². The van der Waals surface area contributed by atoms with Gasteiger partial charge in [0, 0.05) is 11.1 Å². The van der Waals surface area contributed by atoms with E-state index in [1.165, 1.54) is 30.9 Å². The monoisotopic (exact) mass is 638 g/mol. The van der Waals surface area contributed by atoms with E-state index < -0.39 is 5.97 Å². The molecule has 2 nitrogen and oxygen atoms in total. The predicted molar refractivity (Wildman–Crippen MR) is 194 cm³/mol. The standard InChI is InChI=1S/C44H40F2O2/c1-27(2)37-35-25-22-30(26-28-14-8-7-9-15-28)42(44(3,4)5)41(35)40(34-18-12-13-19-36(34)46)38(29-20-23-31(45)24-21-29)39(37)32-16-10-11-17-33(32)43(47)48-6/h7-25,27H,26H2,1-6H3. The van der Waals surface area contributed by atoms with Crippen molar-refractivity contribution in [3.63, 3.8) is 0 Å². The average molecular weight is 639 g/mol. The van der Waals surface area contributed by atoms with Gasteiger partial charge in [-0.15, -0.1) is 0 Å². The highest BCUT2D eigenvalue weighted by molar-refractivity contribution is 6.15. The minimum absolute atomic E-state index is 0.00476. The van der Waals surface area contributed by atoms with Crippen molar-refractivity contribution in [1.82, 2.24) is 0 Å². The highest BCUT2D eigenvalue weighted by Gasteiger charge is 2.32. The molecule has 0 fully saturated rings. The summed E-state index contributed by atoms with van der Waals surface area (Å²) in [6.45, 7) is 10.9. The summed E-state index contributed by atoms with van der Waals surface area (Å²) in [6, 6.07) is 35.4. The number of halogens is 2. The molecule has 0 atom stereocenters. The molecule has 48 heavy (non-hydrogen) atoms. The Morgan fingerprint density at radius 3 is 1.96 bits per heavy atom. The summed E-state index contributed by atoms with van der Waals surface area (Å²) < 4.78 is 36.2. The fourth-order valence-corrected chi connectivity index (χ4v) is 7.18. The Morgan fingerprint density at radius 2 is 1.33 bits per heavy atom. The lowest BCUT2D eigenvalue weighted by Crippen LogP contribution is -2.17. The molecule has 0 saturated heterocycles. The number of carbonyl (C=O) groups is 1. The van der Waals surface area contributed by atoms with Crippen LogP contribution in [0, 0.1) is 11.6 Å². The third-order valence-electron chi connectivity index (χ3n) is 9.04. The van der Waals surface area contributed by atoms with Gasteiger partial charge >= 0.3 is 5.97 Å². The highest BCUT2D eigenvalue weighted by atomic mass is 19.1. The van der Waals surface area contributed by atoms with E-state index in [4.69, 9.17) is 4.74 Å². The number of hydrogen-bond acceptors (Lipinski definition) is 2. The molecule has 6 aromatic carbocycles. The molecule has 0 heterocycles. The predicted octanol–water partition coefficient (Wildman–Crippen LogP) is 11.9. The summed E-state index contributed by atoms with van der Waals surface area (Å²) >= 11 is 0. The third kappa shape index (κ3) is 6.04. The molecule has 0 N–H and O–H groups in total. The van der Waals surface area contributed by atoms with Crippen molar-refractivity contribution in [2.45, 2.75) is 52.4 Å². The smallest absolute Gasteiger partial charge is 0.338 e. The van der Waals surface area contributed by atoms with Crippen molar-refractivity contribution < 1.29 is 18.3 Å². The maximum absolute atomic E-state index is 16.4. The summed E-state index contributed by atoms with van der Waals surface area (Å²) in [4.78, 5) is 13.3. The zero-order valence-corrected chi connectivity index (χ0v) is 28.3. The minimum Gasteiger partial charge on any atom is -0.465 e. The van der Waals surface area contributed by atoms with E-state index in [2.05, 4.69) is 58.9 Å². The fourth-order valence-electron chi connectivity index (χ4n) is 7.18. The van der Waals surface area contributed by atoms with E-state index in [9.17, 15) is 9.18 Å². The molecular formula is C44H40F2O2. The van der Waals surface area contributed by atoms with Crippen molar-refractivity contribution >= 4 is 16.7 Å². The molecule has 0 aliphatic carbocycles. The first-order valence-corrected chi connectivity index (χ1v) is 16.4. The number of esters is 1. The third-order valence-corrected chi connectivity index (χ3v) is 9.04. The van der Waals surface area contributed by atoms with E-state index in [1.807, 2.05) is 48.5 Å². The lowest BCUT2D eigenvalue weighted by Gasteiger charge is -2.32. The van der Waals surface area contributed by atoms with Crippen LogP contribution in [0.3, 0.4) is 0 Å². The average Bonchev–Trinajstić information content (AvgIpc) is 3.07. The number of benzene rings is 6. The molecule has 242 valence electrons. The van der Waals surface area contributed by atoms with E-state index in [0.29, 0.717) is 28.7 Å². The normalized spacial score (nSPS) is 11.7. The van der Waals surface area contributed by atoms with Crippen LogP contribution in [0.15, 0.2) is 115 Å². The van der Waals surface area contributed by atoms with Crippen molar-refractivity contribution in [3.05, 3.63) is 155 Å². The van der Waals surface area contributed by atoms with Gasteiger partial charge in [0.2, 0.25) is 0 Å². The number of fused-ring (bicyclic) bond motifs is 1. The van der Waals surface area contributed by atoms with Crippen LogP contribution in [0.1, 0.15) is 73.1 Å². The molecule has 6 rings (SSSR count). The Balaban J connectivity index is 1.94. The molecule has 6 aromatic rings. The van der Waals surface area contributed by atoms with Gasteiger partial charge in [-0.3, -0.25) is 0 Å². The molecule has 4 heteroatoms. The van der Waals surface area contributed by atoms with Gasteiger partial charge in [-0.1, -0.05) is 126 Å². The summed E-state index contributed by atoms with van der Waals surface area (Å²) in [5, 5.41) is 1.95. The maximum Gasteiger partial charge on any atom is 0.338 e. The van der Waals surface area contributed by atoms with Crippen LogP contribution in [0.25, 0.3) is 44.2 Å². The van der Waals surface area contributed by atoms with E-state index >= 15 is 4.39 Å². The SMILES string of the molecule is COC(=O)c1ccccc1-c1c(-c2ccc(F)cc2)c(-c2ccccc2F)c2c(C(C)(C)C)c(Cc3ccccc3)ccc2c1C(C)C. The Morgan fingerprint density at radius 1 is 0.708 bits per heavy atom. The topological polar surface area (TPSA) is 26.3 Å². The van der Waals surface area contributed by atoms with E-state index in [0.717, 1.165) is 44.2 Å². The molecule has 0 aromatic heterocycles. The lowest BCUT2D eigenvalue weighted by atomic mass is 9.71. The number of rotatable bonds is 7. The first-order chi connectivity index (χ1) is 23.0. The van der Waals surface area contributed by atoms with Crippen LogP contribution < -0.4 is 0 Å². The van der Waals surface area contributed by atoms with Crippen LogP contribution in [-0.2, 0) is 16.6 Å². The molecule has 0 unspecified atom stereocenters. The van der Waals surface area contributed by atoms with Gasteiger partial charge in [0.05, 0.1) is 12.7 Å². The van der Waals surface area contributed by atoms with Gasteiger partial charge < -0.3 is 4.74 Å². The molecule has 0 radical (unpaired) electrons. The minimum atomic E-state index is -0.466. The van der Waals surface area contributed by atoms with Crippen LogP contribution in [-0.4, -0.2) is 13.1 Å². The second-order valence-corrected chi connectivity index (χ2v) is 13.7. The number of carbonyl (C=O) groups excluding carboxylic acids is 1. The van der Waals surface area contributed by atoms with Gasteiger partial charge in [0.25, 0.3) is 0 Å². The van der Waals surface area contributed by atoms with Crippen molar-refractivity contribution in [2.24, 2.45) is 0 Å². The molecule has 0 spiro atoms. The molecule has 0 amide bonds. The summed E-state index contributed by atoms with van der Waals surface area (Å²) in [5.41, 5.74) is 8.66. The van der Waals surface area contributed by atoms with Crippen molar-refractivity contribution in [1.29, 1.82) is 0 Å². The Hall–Kier alpha value is -5.09. The van der Waals surface area contributed by atoms with Crippen LogP contribution >= 0.6 is 0 Å². The molecular weight excluding hydrogens is 598 g/mol. The first kappa shape index (κ1) is 32.8. The van der Waals surface area contributed by atoms with Crippen LogP contribution in [0.4, 0.5) is 8.78 Å². The summed E-state index contributed by atoms with van der Waals surface area (Å²) in [5.74, 6) is -1.20.